The molecule has 0 spiro atoms. The van der Waals surface area contributed by atoms with Crippen LogP contribution in [0.25, 0.3) is 0 Å². The van der Waals surface area contributed by atoms with Crippen molar-refractivity contribution in [1.82, 2.24) is 9.80 Å². The lowest BCUT2D eigenvalue weighted by atomic mass is 10.1. The summed E-state index contributed by atoms with van der Waals surface area (Å²) in [5.41, 5.74) is 1.69. The average Bonchev–Trinajstić information content (AvgIpc) is 2.75. The van der Waals surface area contributed by atoms with Crippen molar-refractivity contribution in [1.29, 1.82) is 0 Å². The second-order valence-corrected chi connectivity index (χ2v) is 6.90. The zero-order valence-corrected chi connectivity index (χ0v) is 16.8. The van der Waals surface area contributed by atoms with Crippen LogP contribution in [0, 0.1) is 5.82 Å². The molecule has 1 saturated heterocycles. The maximum atomic E-state index is 13.0. The molecular weight excluding hydrogens is 389 g/mol. The lowest BCUT2D eigenvalue weighted by Gasteiger charge is -2.35. The molecule has 30 heavy (non-hydrogen) atoms. The number of hydrogen-bond acceptors (Lipinski definition) is 4. The number of nitrogens with zero attached hydrogens (tertiary/aromatic N) is 2. The molecule has 0 unspecified atom stereocenters. The molecular formula is C22H24FN3O4. The van der Waals surface area contributed by atoms with E-state index >= 15 is 0 Å². The molecule has 8 heteroatoms. The predicted molar refractivity (Wildman–Crippen MR) is 110 cm³/mol. The highest BCUT2D eigenvalue weighted by molar-refractivity contribution is 5.96. The molecule has 7 nitrogen and oxygen atoms in total. The minimum atomic E-state index is -0.574. The summed E-state index contributed by atoms with van der Waals surface area (Å²) in [6, 6.07) is 12.5. The van der Waals surface area contributed by atoms with Gasteiger partial charge in [-0.1, -0.05) is 18.2 Å². The van der Waals surface area contributed by atoms with Crippen LogP contribution in [0.3, 0.4) is 0 Å². The monoisotopic (exact) mass is 413 g/mol. The van der Waals surface area contributed by atoms with Crippen molar-refractivity contribution in [2.24, 2.45) is 0 Å². The zero-order chi connectivity index (χ0) is 21.5. The third-order valence-electron chi connectivity index (χ3n) is 4.82. The predicted octanol–water partition coefficient (Wildman–Crippen LogP) is 2.92. The first-order valence-corrected chi connectivity index (χ1v) is 9.81. The molecule has 1 heterocycles. The molecule has 0 aliphatic carbocycles. The smallest absolute Gasteiger partial charge is 0.411 e. The summed E-state index contributed by atoms with van der Waals surface area (Å²) in [7, 11) is 0. The Morgan fingerprint density at radius 3 is 2.33 bits per heavy atom. The van der Waals surface area contributed by atoms with Crippen molar-refractivity contribution >= 4 is 23.6 Å². The van der Waals surface area contributed by atoms with Crippen molar-refractivity contribution in [3.8, 4) is 0 Å². The molecule has 0 saturated carbocycles. The van der Waals surface area contributed by atoms with E-state index in [0.717, 1.165) is 5.56 Å². The third kappa shape index (κ3) is 5.56. The molecule has 1 aliphatic heterocycles. The van der Waals surface area contributed by atoms with Crippen LogP contribution in [0.2, 0.25) is 0 Å². The van der Waals surface area contributed by atoms with Crippen molar-refractivity contribution in [2.45, 2.75) is 13.3 Å². The average molecular weight is 413 g/mol. The van der Waals surface area contributed by atoms with Gasteiger partial charge in [0, 0.05) is 37.4 Å². The summed E-state index contributed by atoms with van der Waals surface area (Å²) >= 11 is 0. The number of halogens is 1. The molecule has 3 amide bonds. The third-order valence-corrected chi connectivity index (χ3v) is 4.82. The molecule has 1 N–H and O–H groups in total. The Labute approximate surface area is 174 Å². The van der Waals surface area contributed by atoms with Crippen LogP contribution in [-0.4, -0.2) is 60.5 Å². The van der Waals surface area contributed by atoms with Gasteiger partial charge in [-0.15, -0.1) is 0 Å². The van der Waals surface area contributed by atoms with Crippen molar-refractivity contribution < 1.29 is 23.5 Å². The van der Waals surface area contributed by atoms with Crippen molar-refractivity contribution in [2.75, 3.05) is 38.1 Å². The van der Waals surface area contributed by atoms with Crippen LogP contribution in [-0.2, 0) is 16.0 Å². The number of carbonyl (C=O) groups is 3. The summed E-state index contributed by atoms with van der Waals surface area (Å²) in [4.78, 5) is 40.2. The van der Waals surface area contributed by atoms with E-state index in [9.17, 15) is 18.8 Å². The molecule has 158 valence electrons. The van der Waals surface area contributed by atoms with Crippen LogP contribution >= 0.6 is 0 Å². The number of amides is 3. The van der Waals surface area contributed by atoms with Gasteiger partial charge >= 0.3 is 6.09 Å². The summed E-state index contributed by atoms with van der Waals surface area (Å²) in [5, 5.41) is 2.58. The van der Waals surface area contributed by atoms with Gasteiger partial charge in [-0.25, -0.2) is 9.18 Å². The van der Waals surface area contributed by atoms with Crippen LogP contribution in [0.4, 0.5) is 14.9 Å². The first-order valence-electron chi connectivity index (χ1n) is 9.81. The van der Waals surface area contributed by atoms with E-state index in [1.807, 2.05) is 0 Å². The molecule has 1 aliphatic rings. The van der Waals surface area contributed by atoms with E-state index in [4.69, 9.17) is 4.74 Å². The molecule has 0 radical (unpaired) electrons. The second-order valence-electron chi connectivity index (χ2n) is 6.90. The second kappa shape index (κ2) is 9.87. The number of anilines is 1. The lowest BCUT2D eigenvalue weighted by Crippen LogP contribution is -2.51. The van der Waals surface area contributed by atoms with E-state index in [-0.39, 0.29) is 30.7 Å². The van der Waals surface area contributed by atoms with Crippen LogP contribution in [0.5, 0.6) is 0 Å². The van der Waals surface area contributed by atoms with Gasteiger partial charge in [0.15, 0.2) is 0 Å². The van der Waals surface area contributed by atoms with Crippen LogP contribution < -0.4 is 5.32 Å². The molecule has 2 aromatic rings. The minimum Gasteiger partial charge on any atom is -0.450 e. The highest BCUT2D eigenvalue weighted by Gasteiger charge is 2.25. The number of piperazine rings is 1. The van der Waals surface area contributed by atoms with Crippen LogP contribution in [0.1, 0.15) is 22.8 Å². The molecule has 0 bridgehead atoms. The number of ether oxygens (including phenoxy) is 1. The van der Waals surface area contributed by atoms with Crippen molar-refractivity contribution in [3.63, 3.8) is 0 Å². The first-order chi connectivity index (χ1) is 14.5. The van der Waals surface area contributed by atoms with Gasteiger partial charge in [0.1, 0.15) is 5.82 Å². The molecule has 3 rings (SSSR count). The van der Waals surface area contributed by atoms with Gasteiger partial charge in [0.05, 0.1) is 13.0 Å². The number of hydrogen-bond donors (Lipinski definition) is 1. The fourth-order valence-electron chi connectivity index (χ4n) is 3.25. The molecule has 0 atom stereocenters. The summed E-state index contributed by atoms with van der Waals surface area (Å²) in [6.45, 7) is 3.68. The Hall–Kier alpha value is -3.42. The summed E-state index contributed by atoms with van der Waals surface area (Å²) in [6.07, 6.45) is -0.370. The number of benzene rings is 2. The number of carbonyl (C=O) groups excluding carboxylic acids is 3. The fourth-order valence-corrected chi connectivity index (χ4v) is 3.25. The normalized spacial score (nSPS) is 13.7. The van der Waals surface area contributed by atoms with E-state index in [0.29, 0.717) is 37.4 Å². The van der Waals surface area contributed by atoms with Gasteiger partial charge in [-0.05, 0) is 42.8 Å². The van der Waals surface area contributed by atoms with E-state index in [1.54, 1.807) is 53.1 Å². The Bertz CT molecular complexity index is 909. The Morgan fingerprint density at radius 1 is 1.00 bits per heavy atom. The van der Waals surface area contributed by atoms with E-state index in [1.165, 1.54) is 12.1 Å². The summed E-state index contributed by atoms with van der Waals surface area (Å²) in [5.74, 6) is -0.540. The van der Waals surface area contributed by atoms with Gasteiger partial charge in [0.25, 0.3) is 5.91 Å². The van der Waals surface area contributed by atoms with Crippen LogP contribution in [0.15, 0.2) is 48.5 Å². The lowest BCUT2D eigenvalue weighted by molar-refractivity contribution is -0.131. The van der Waals surface area contributed by atoms with Gasteiger partial charge < -0.3 is 14.5 Å². The van der Waals surface area contributed by atoms with Gasteiger partial charge in [-0.3, -0.25) is 14.9 Å². The minimum absolute atomic E-state index is 0.0469. The standard InChI is InChI=1S/C22H24FN3O4/c1-2-30-22(29)24-19-5-3-4-17(15-19)21(28)26-12-10-25(11-13-26)20(27)14-16-6-8-18(23)9-7-16/h3-9,15H,2,10-14H2,1H3,(H,24,29). The Balaban J connectivity index is 1.54. The fraction of sp³-hybridized carbons (Fsp3) is 0.318. The van der Waals surface area contributed by atoms with Gasteiger partial charge in [-0.2, -0.15) is 0 Å². The maximum Gasteiger partial charge on any atom is 0.411 e. The first kappa shape index (κ1) is 21.3. The zero-order valence-electron chi connectivity index (χ0n) is 16.8. The largest absolute Gasteiger partial charge is 0.450 e. The highest BCUT2D eigenvalue weighted by Crippen LogP contribution is 2.15. The topological polar surface area (TPSA) is 79.0 Å². The molecule has 0 aromatic heterocycles. The Morgan fingerprint density at radius 2 is 1.67 bits per heavy atom. The highest BCUT2D eigenvalue weighted by atomic mass is 19.1. The van der Waals surface area contributed by atoms with Gasteiger partial charge in [0.2, 0.25) is 5.91 Å². The maximum absolute atomic E-state index is 13.0. The van der Waals surface area contributed by atoms with E-state index < -0.39 is 6.09 Å². The Kier molecular flexibility index (Phi) is 7.00. The SMILES string of the molecule is CCOC(=O)Nc1cccc(C(=O)N2CCN(C(=O)Cc3ccc(F)cc3)CC2)c1. The summed E-state index contributed by atoms with van der Waals surface area (Å²) < 4.78 is 17.8. The molecule has 1 fully saturated rings. The van der Waals surface area contributed by atoms with Crippen molar-refractivity contribution in [3.05, 3.63) is 65.5 Å². The molecule has 2 aromatic carbocycles. The van der Waals surface area contributed by atoms with E-state index in [2.05, 4.69) is 5.32 Å². The number of nitrogens with one attached hydrogen (secondary N) is 1. The number of rotatable bonds is 5. The quantitative estimate of drug-likeness (QED) is 0.818.